The Morgan fingerprint density at radius 3 is 2.59 bits per heavy atom. The summed E-state index contributed by atoms with van der Waals surface area (Å²) < 4.78 is 1.96. The molecule has 0 N–H and O–H groups in total. The summed E-state index contributed by atoms with van der Waals surface area (Å²) in [7, 11) is 0. The molecule has 2 aromatic heterocycles. The number of fused-ring (bicyclic) bond motifs is 2. The maximum Gasteiger partial charge on any atom is 0.254 e. The van der Waals surface area contributed by atoms with Crippen molar-refractivity contribution in [2.24, 2.45) is 0 Å². The van der Waals surface area contributed by atoms with Crippen LogP contribution in [0.15, 0.2) is 67.0 Å². The fourth-order valence-corrected chi connectivity index (χ4v) is 4.18. The minimum Gasteiger partial charge on any atom is -0.336 e. The van der Waals surface area contributed by atoms with Gasteiger partial charge in [0.05, 0.1) is 10.7 Å². The van der Waals surface area contributed by atoms with Gasteiger partial charge in [0, 0.05) is 50.7 Å². The highest BCUT2D eigenvalue weighted by atomic mass is 35.5. The average molecular weight is 405 g/mol. The second-order valence-electron chi connectivity index (χ2n) is 7.44. The summed E-state index contributed by atoms with van der Waals surface area (Å²) in [4.78, 5) is 22.1. The zero-order chi connectivity index (χ0) is 19.8. The van der Waals surface area contributed by atoms with Crippen molar-refractivity contribution in [1.82, 2.24) is 19.2 Å². The number of carbonyl (C=O) groups excluding carboxylic acids is 1. The lowest BCUT2D eigenvalue weighted by Gasteiger charge is -2.34. The molecule has 0 spiro atoms. The maximum absolute atomic E-state index is 13.1. The van der Waals surface area contributed by atoms with Crippen LogP contribution in [0.1, 0.15) is 16.1 Å². The highest BCUT2D eigenvalue weighted by molar-refractivity contribution is 6.30. The third-order valence-corrected chi connectivity index (χ3v) is 5.75. The molecular weight excluding hydrogens is 384 g/mol. The number of rotatable bonds is 3. The molecule has 5 nitrogen and oxygen atoms in total. The molecule has 0 atom stereocenters. The Balaban J connectivity index is 1.26. The van der Waals surface area contributed by atoms with Crippen molar-refractivity contribution in [1.29, 1.82) is 0 Å². The summed E-state index contributed by atoms with van der Waals surface area (Å²) in [6.07, 6.45) is 3.89. The smallest absolute Gasteiger partial charge is 0.254 e. The van der Waals surface area contributed by atoms with E-state index in [2.05, 4.69) is 9.88 Å². The minimum atomic E-state index is 0.115. The largest absolute Gasteiger partial charge is 0.336 e. The molecule has 1 saturated heterocycles. The van der Waals surface area contributed by atoms with Gasteiger partial charge in [0.1, 0.15) is 5.65 Å². The standard InChI is InChI=1S/C23H21ClN4O/c24-18-8-9-22-25-19(16-28(22)14-18)15-26-10-12-27(13-11-26)23(29)21-7-3-5-17-4-1-2-6-20(17)21/h1-9,14,16H,10-13,15H2. The van der Waals surface area contributed by atoms with Crippen LogP contribution in [0.25, 0.3) is 16.4 Å². The zero-order valence-corrected chi connectivity index (χ0v) is 16.7. The van der Waals surface area contributed by atoms with E-state index in [1.807, 2.05) is 76.3 Å². The topological polar surface area (TPSA) is 40.9 Å². The lowest BCUT2D eigenvalue weighted by atomic mass is 10.0. The highest BCUT2D eigenvalue weighted by Crippen LogP contribution is 2.21. The van der Waals surface area contributed by atoms with Crippen LogP contribution in [0.3, 0.4) is 0 Å². The molecule has 0 unspecified atom stereocenters. The molecular formula is C23H21ClN4O. The van der Waals surface area contributed by atoms with E-state index < -0.39 is 0 Å². The molecule has 29 heavy (non-hydrogen) atoms. The van der Waals surface area contributed by atoms with Crippen molar-refractivity contribution >= 4 is 33.9 Å². The van der Waals surface area contributed by atoms with Gasteiger partial charge in [0.2, 0.25) is 0 Å². The van der Waals surface area contributed by atoms with E-state index in [1.165, 1.54) is 0 Å². The van der Waals surface area contributed by atoms with E-state index in [4.69, 9.17) is 11.6 Å². The van der Waals surface area contributed by atoms with Gasteiger partial charge in [-0.3, -0.25) is 9.69 Å². The molecule has 5 rings (SSSR count). The van der Waals surface area contributed by atoms with E-state index in [1.54, 1.807) is 0 Å². The molecule has 0 saturated carbocycles. The number of imidazole rings is 1. The Morgan fingerprint density at radius 2 is 1.72 bits per heavy atom. The lowest BCUT2D eigenvalue weighted by molar-refractivity contribution is 0.0629. The Bertz CT molecular complexity index is 1190. The first-order valence-electron chi connectivity index (χ1n) is 9.80. The number of hydrogen-bond donors (Lipinski definition) is 0. The second kappa shape index (κ2) is 7.50. The number of piperazine rings is 1. The summed E-state index contributed by atoms with van der Waals surface area (Å²) in [6.45, 7) is 3.90. The summed E-state index contributed by atoms with van der Waals surface area (Å²) >= 11 is 6.06. The monoisotopic (exact) mass is 404 g/mol. The van der Waals surface area contributed by atoms with Crippen LogP contribution in [0.5, 0.6) is 0 Å². The van der Waals surface area contributed by atoms with Gasteiger partial charge in [0.25, 0.3) is 5.91 Å². The minimum absolute atomic E-state index is 0.115. The first-order valence-corrected chi connectivity index (χ1v) is 10.2. The van der Waals surface area contributed by atoms with E-state index in [0.717, 1.165) is 60.4 Å². The number of halogens is 1. The Morgan fingerprint density at radius 1 is 0.931 bits per heavy atom. The molecule has 0 bridgehead atoms. The van der Waals surface area contributed by atoms with Crippen molar-refractivity contribution < 1.29 is 4.79 Å². The Hall–Kier alpha value is -2.89. The summed E-state index contributed by atoms with van der Waals surface area (Å²) in [5.41, 5.74) is 2.70. The second-order valence-corrected chi connectivity index (χ2v) is 7.88. The third-order valence-electron chi connectivity index (χ3n) is 5.53. The molecule has 0 radical (unpaired) electrons. The van der Waals surface area contributed by atoms with Crippen LogP contribution in [0, 0.1) is 0 Å². The number of hydrogen-bond acceptors (Lipinski definition) is 3. The third kappa shape index (κ3) is 3.59. The number of aromatic nitrogens is 2. The van der Waals surface area contributed by atoms with Gasteiger partial charge < -0.3 is 9.30 Å². The summed E-state index contributed by atoms with van der Waals surface area (Å²) in [5.74, 6) is 0.115. The normalized spacial score (nSPS) is 15.3. The molecule has 1 aliphatic heterocycles. The van der Waals surface area contributed by atoms with Crippen LogP contribution in [-0.2, 0) is 6.54 Å². The molecule has 1 fully saturated rings. The van der Waals surface area contributed by atoms with Crippen molar-refractivity contribution in [3.05, 3.63) is 83.3 Å². The Labute approximate surface area is 174 Å². The van der Waals surface area contributed by atoms with Gasteiger partial charge in [0.15, 0.2) is 0 Å². The SMILES string of the molecule is O=C(c1cccc2ccccc12)N1CCN(Cc2cn3cc(Cl)ccc3n2)CC1. The van der Waals surface area contributed by atoms with E-state index >= 15 is 0 Å². The van der Waals surface area contributed by atoms with Crippen LogP contribution < -0.4 is 0 Å². The van der Waals surface area contributed by atoms with Gasteiger partial charge in [-0.15, -0.1) is 0 Å². The lowest BCUT2D eigenvalue weighted by Crippen LogP contribution is -2.48. The zero-order valence-electron chi connectivity index (χ0n) is 16.0. The number of pyridine rings is 1. The fourth-order valence-electron chi connectivity index (χ4n) is 4.01. The molecule has 146 valence electrons. The van der Waals surface area contributed by atoms with Crippen LogP contribution >= 0.6 is 11.6 Å². The predicted molar refractivity (Wildman–Crippen MR) is 115 cm³/mol. The van der Waals surface area contributed by atoms with Crippen LogP contribution in [-0.4, -0.2) is 51.3 Å². The number of nitrogens with zero attached hydrogens (tertiary/aromatic N) is 4. The van der Waals surface area contributed by atoms with E-state index in [9.17, 15) is 4.79 Å². The molecule has 4 aromatic rings. The van der Waals surface area contributed by atoms with Gasteiger partial charge in [-0.2, -0.15) is 0 Å². The van der Waals surface area contributed by atoms with E-state index in [-0.39, 0.29) is 5.91 Å². The summed E-state index contributed by atoms with van der Waals surface area (Å²) in [6, 6.07) is 17.8. The van der Waals surface area contributed by atoms with Gasteiger partial charge in [-0.25, -0.2) is 4.98 Å². The van der Waals surface area contributed by atoms with Crippen molar-refractivity contribution in [3.8, 4) is 0 Å². The van der Waals surface area contributed by atoms with Crippen molar-refractivity contribution in [2.45, 2.75) is 6.54 Å². The van der Waals surface area contributed by atoms with E-state index in [0.29, 0.717) is 5.02 Å². The quantitative estimate of drug-likeness (QED) is 0.516. The number of benzene rings is 2. The van der Waals surface area contributed by atoms with Crippen LogP contribution in [0.4, 0.5) is 0 Å². The van der Waals surface area contributed by atoms with Gasteiger partial charge >= 0.3 is 0 Å². The molecule has 1 amide bonds. The predicted octanol–water partition coefficient (Wildman–Crippen LogP) is 4.10. The average Bonchev–Trinajstić information content (AvgIpc) is 3.14. The molecule has 0 aliphatic carbocycles. The van der Waals surface area contributed by atoms with Crippen molar-refractivity contribution in [3.63, 3.8) is 0 Å². The van der Waals surface area contributed by atoms with Gasteiger partial charge in [-0.05, 0) is 29.0 Å². The van der Waals surface area contributed by atoms with Crippen molar-refractivity contribution in [2.75, 3.05) is 26.2 Å². The first kappa shape index (κ1) is 18.2. The Kier molecular flexibility index (Phi) is 4.70. The van der Waals surface area contributed by atoms with Gasteiger partial charge in [-0.1, -0.05) is 48.0 Å². The highest BCUT2D eigenvalue weighted by Gasteiger charge is 2.23. The maximum atomic E-state index is 13.1. The molecule has 3 heterocycles. The first-order chi connectivity index (χ1) is 14.2. The molecule has 2 aromatic carbocycles. The molecule has 6 heteroatoms. The fraction of sp³-hybridized carbons (Fsp3) is 0.217. The summed E-state index contributed by atoms with van der Waals surface area (Å²) in [5, 5.41) is 2.82. The van der Waals surface area contributed by atoms with Crippen LogP contribution in [0.2, 0.25) is 5.02 Å². The number of amides is 1. The molecule has 1 aliphatic rings. The number of carbonyl (C=O) groups is 1.